The maximum absolute atomic E-state index is 9.51. The second-order valence-electron chi connectivity index (χ2n) is 4.59. The molecule has 0 radical (unpaired) electrons. The molecule has 0 bridgehead atoms. The predicted molar refractivity (Wildman–Crippen MR) is 74.5 cm³/mol. The number of hydrogen-bond donors (Lipinski definition) is 0. The molecule has 19 heavy (non-hydrogen) atoms. The summed E-state index contributed by atoms with van der Waals surface area (Å²) >= 11 is 0.221. The fraction of sp³-hybridized carbons (Fsp3) is 0.333. The van der Waals surface area contributed by atoms with Crippen LogP contribution in [0.1, 0.15) is 29.7 Å². The molecule has 0 amide bonds. The van der Waals surface area contributed by atoms with Crippen molar-refractivity contribution >= 4 is 19.5 Å². The fourth-order valence-corrected chi connectivity index (χ4v) is 3.82. The summed E-state index contributed by atoms with van der Waals surface area (Å²) in [5, 5.41) is 9.51. The molecule has 1 aliphatic rings. The van der Waals surface area contributed by atoms with E-state index in [0.717, 1.165) is 34.3 Å². The summed E-state index contributed by atoms with van der Waals surface area (Å²) in [6.45, 7) is 0. The number of pyridine rings is 1. The molecular formula is C15H14N2OSe. The third kappa shape index (κ3) is 2.10. The zero-order chi connectivity index (χ0) is 13.2. The van der Waals surface area contributed by atoms with E-state index >= 15 is 0 Å². The van der Waals surface area contributed by atoms with Gasteiger partial charge in [0.15, 0.2) is 0 Å². The van der Waals surface area contributed by atoms with Gasteiger partial charge in [0.1, 0.15) is 0 Å². The number of nitrogens with zero attached hydrogens (tertiary/aromatic N) is 2. The van der Waals surface area contributed by atoms with Gasteiger partial charge in [-0.15, -0.1) is 0 Å². The third-order valence-electron chi connectivity index (χ3n) is 3.51. The Balaban J connectivity index is 2.32. The van der Waals surface area contributed by atoms with Crippen LogP contribution in [0.5, 0.6) is 0 Å². The van der Waals surface area contributed by atoms with Crippen LogP contribution in [0.15, 0.2) is 22.8 Å². The van der Waals surface area contributed by atoms with E-state index in [9.17, 15) is 5.26 Å². The van der Waals surface area contributed by atoms with Crippen molar-refractivity contribution in [1.82, 2.24) is 4.98 Å². The van der Waals surface area contributed by atoms with Gasteiger partial charge in [-0.05, 0) is 0 Å². The first kappa shape index (κ1) is 12.5. The molecule has 0 atom stereocenters. The average Bonchev–Trinajstić information content (AvgIpc) is 2.98. The van der Waals surface area contributed by atoms with Crippen LogP contribution < -0.4 is 4.59 Å². The number of furan rings is 1. The van der Waals surface area contributed by atoms with Crippen LogP contribution in [0.4, 0.5) is 0 Å². The standard InChI is InChI=1S/C15H14N2OSe/c1-19-15-11(9-16)14(13-7-4-8-18-13)10-5-2-3-6-12(10)17-15/h4,7-8H,2-3,5-6H2,1H3. The molecule has 2 aromatic rings. The Kier molecular flexibility index (Phi) is 3.42. The molecular weight excluding hydrogens is 303 g/mol. The van der Waals surface area contributed by atoms with E-state index in [2.05, 4.69) is 11.9 Å². The van der Waals surface area contributed by atoms with Gasteiger partial charge in [-0.1, -0.05) is 0 Å². The monoisotopic (exact) mass is 318 g/mol. The van der Waals surface area contributed by atoms with Gasteiger partial charge in [-0.3, -0.25) is 0 Å². The quantitative estimate of drug-likeness (QED) is 0.800. The van der Waals surface area contributed by atoms with Crippen LogP contribution in [0, 0.1) is 11.3 Å². The number of aromatic nitrogens is 1. The van der Waals surface area contributed by atoms with Gasteiger partial charge >= 0.3 is 118 Å². The second kappa shape index (κ2) is 5.20. The van der Waals surface area contributed by atoms with Crippen LogP contribution in [-0.4, -0.2) is 19.9 Å². The van der Waals surface area contributed by atoms with Crippen molar-refractivity contribution in [3.8, 4) is 17.4 Å². The summed E-state index contributed by atoms with van der Waals surface area (Å²) in [5.41, 5.74) is 4.12. The molecule has 2 aromatic heterocycles. The van der Waals surface area contributed by atoms with E-state index < -0.39 is 0 Å². The molecule has 0 unspecified atom stereocenters. The third-order valence-corrected chi connectivity index (χ3v) is 4.94. The first-order valence-corrected chi connectivity index (χ1v) is 8.96. The number of nitriles is 1. The first-order valence-electron chi connectivity index (χ1n) is 6.39. The molecule has 0 aliphatic heterocycles. The Morgan fingerprint density at radius 1 is 1.37 bits per heavy atom. The summed E-state index contributed by atoms with van der Waals surface area (Å²) in [6, 6.07) is 6.17. The summed E-state index contributed by atoms with van der Waals surface area (Å²) in [4.78, 5) is 4.74. The van der Waals surface area contributed by atoms with Crippen molar-refractivity contribution in [2.45, 2.75) is 31.5 Å². The molecule has 0 saturated heterocycles. The SMILES string of the molecule is C[Se]c1nc2c(c(-c3ccco3)c1C#N)CCCC2. The Hall–Kier alpha value is -1.56. The minimum atomic E-state index is 0.221. The summed E-state index contributed by atoms with van der Waals surface area (Å²) in [5.74, 6) is 2.92. The molecule has 4 heteroatoms. The second-order valence-corrected chi connectivity index (χ2v) is 6.26. The first-order chi connectivity index (χ1) is 9.35. The molecule has 3 rings (SSSR count). The van der Waals surface area contributed by atoms with Crippen molar-refractivity contribution in [3.05, 3.63) is 35.2 Å². The molecule has 0 N–H and O–H groups in total. The topological polar surface area (TPSA) is 49.8 Å². The van der Waals surface area contributed by atoms with Crippen LogP contribution in [0.25, 0.3) is 11.3 Å². The number of aryl methyl sites for hydroxylation is 1. The molecule has 2 heterocycles. The number of hydrogen-bond acceptors (Lipinski definition) is 3. The van der Waals surface area contributed by atoms with Crippen molar-refractivity contribution < 1.29 is 4.42 Å². The zero-order valence-corrected chi connectivity index (χ0v) is 12.5. The Labute approximate surface area is 118 Å². The van der Waals surface area contributed by atoms with Crippen LogP contribution in [0.2, 0.25) is 5.82 Å². The van der Waals surface area contributed by atoms with Gasteiger partial charge < -0.3 is 0 Å². The van der Waals surface area contributed by atoms with Crippen molar-refractivity contribution in [1.29, 1.82) is 5.26 Å². The van der Waals surface area contributed by atoms with Gasteiger partial charge in [-0.2, -0.15) is 0 Å². The van der Waals surface area contributed by atoms with Gasteiger partial charge in [0, 0.05) is 0 Å². The van der Waals surface area contributed by atoms with E-state index in [0.29, 0.717) is 0 Å². The van der Waals surface area contributed by atoms with Gasteiger partial charge in [0.25, 0.3) is 0 Å². The Morgan fingerprint density at radius 2 is 2.21 bits per heavy atom. The van der Waals surface area contributed by atoms with Crippen LogP contribution in [0.3, 0.4) is 0 Å². The summed E-state index contributed by atoms with van der Waals surface area (Å²) < 4.78 is 6.52. The molecule has 3 nitrogen and oxygen atoms in total. The van der Waals surface area contributed by atoms with Crippen LogP contribution in [-0.2, 0) is 12.8 Å². The Morgan fingerprint density at radius 3 is 2.89 bits per heavy atom. The summed E-state index contributed by atoms with van der Waals surface area (Å²) in [7, 11) is 0. The molecule has 0 spiro atoms. The van der Waals surface area contributed by atoms with E-state index in [-0.39, 0.29) is 15.0 Å². The number of rotatable bonds is 2. The van der Waals surface area contributed by atoms with Crippen molar-refractivity contribution in [3.63, 3.8) is 0 Å². The average molecular weight is 317 g/mol. The molecule has 96 valence electrons. The minimum absolute atomic E-state index is 0.221. The van der Waals surface area contributed by atoms with Gasteiger partial charge in [0.05, 0.1) is 0 Å². The molecule has 0 aromatic carbocycles. The van der Waals surface area contributed by atoms with Crippen LogP contribution >= 0.6 is 0 Å². The zero-order valence-electron chi connectivity index (χ0n) is 10.8. The molecule has 0 fully saturated rings. The van der Waals surface area contributed by atoms with Gasteiger partial charge in [-0.25, -0.2) is 0 Å². The van der Waals surface area contributed by atoms with E-state index in [1.165, 1.54) is 24.1 Å². The number of fused-ring (bicyclic) bond motifs is 1. The van der Waals surface area contributed by atoms with E-state index in [1.54, 1.807) is 6.26 Å². The van der Waals surface area contributed by atoms with E-state index in [1.807, 2.05) is 12.1 Å². The molecule has 1 aliphatic carbocycles. The normalized spacial score (nSPS) is 13.9. The summed E-state index contributed by atoms with van der Waals surface area (Å²) in [6.07, 6.45) is 6.06. The van der Waals surface area contributed by atoms with Gasteiger partial charge in [0.2, 0.25) is 0 Å². The van der Waals surface area contributed by atoms with Crippen molar-refractivity contribution in [2.75, 3.05) is 0 Å². The van der Waals surface area contributed by atoms with Crippen molar-refractivity contribution in [2.24, 2.45) is 0 Å². The molecule has 0 saturated carbocycles. The maximum atomic E-state index is 9.51. The fourth-order valence-electron chi connectivity index (χ4n) is 2.66. The van der Waals surface area contributed by atoms with E-state index in [4.69, 9.17) is 9.40 Å². The predicted octanol–water partition coefficient (Wildman–Crippen LogP) is 2.47. The Bertz CT molecular complexity index is 641.